The Kier molecular flexibility index (Phi) is 3.81. The minimum atomic E-state index is -0.0878. The predicted molar refractivity (Wildman–Crippen MR) is 96.4 cm³/mol. The maximum Gasteiger partial charge on any atom is 0.255 e. The fourth-order valence-corrected chi connectivity index (χ4v) is 3.34. The van der Waals surface area contributed by atoms with Crippen molar-refractivity contribution in [1.82, 2.24) is 9.55 Å². The number of carbonyl (C=O) groups excluding carboxylic acids is 1. The molecule has 2 heterocycles. The molecule has 0 radical (unpaired) electrons. The number of benzene rings is 2. The lowest BCUT2D eigenvalue weighted by atomic mass is 10.1. The fourth-order valence-electron chi connectivity index (χ4n) is 3.34. The van der Waals surface area contributed by atoms with E-state index in [0.717, 1.165) is 29.7 Å². The molecule has 1 aliphatic heterocycles. The van der Waals surface area contributed by atoms with Crippen LogP contribution in [0, 0.1) is 6.92 Å². The molecule has 122 valence electrons. The van der Waals surface area contributed by atoms with Crippen LogP contribution in [0.1, 0.15) is 41.0 Å². The first-order valence-corrected chi connectivity index (χ1v) is 8.58. The lowest BCUT2D eigenvalue weighted by Crippen LogP contribution is -2.11. The topological polar surface area (TPSA) is 46.9 Å². The molecule has 1 aromatic heterocycles. The number of aryl methyl sites for hydroxylation is 3. The summed E-state index contributed by atoms with van der Waals surface area (Å²) in [7, 11) is 0. The number of nitrogens with zero attached hydrogens (tertiary/aromatic N) is 2. The van der Waals surface area contributed by atoms with Crippen LogP contribution in [0.15, 0.2) is 42.5 Å². The van der Waals surface area contributed by atoms with E-state index >= 15 is 0 Å². The number of carbonyl (C=O) groups is 1. The highest BCUT2D eigenvalue weighted by molar-refractivity contribution is 6.05. The fraction of sp³-hybridized carbons (Fsp3) is 0.300. The van der Waals surface area contributed by atoms with Crippen LogP contribution in [0.25, 0.3) is 11.0 Å². The van der Waals surface area contributed by atoms with Gasteiger partial charge in [0, 0.05) is 24.2 Å². The third-order valence-electron chi connectivity index (χ3n) is 4.68. The average Bonchev–Trinajstić information content (AvgIpc) is 2.76. The highest BCUT2D eigenvalue weighted by Gasteiger charge is 2.14. The molecule has 0 bridgehead atoms. The number of anilines is 1. The normalized spacial score (nSPS) is 14.2. The van der Waals surface area contributed by atoms with Crippen molar-refractivity contribution < 1.29 is 4.79 Å². The van der Waals surface area contributed by atoms with Gasteiger partial charge < -0.3 is 9.88 Å². The zero-order valence-electron chi connectivity index (χ0n) is 13.9. The summed E-state index contributed by atoms with van der Waals surface area (Å²) in [6.45, 7) is 3.05. The Bertz CT molecular complexity index is 893. The van der Waals surface area contributed by atoms with Crippen molar-refractivity contribution in [2.75, 3.05) is 5.32 Å². The third kappa shape index (κ3) is 2.80. The van der Waals surface area contributed by atoms with Gasteiger partial charge in [0.15, 0.2) is 0 Å². The van der Waals surface area contributed by atoms with Crippen molar-refractivity contribution in [3.05, 3.63) is 59.4 Å². The largest absolute Gasteiger partial charge is 0.328 e. The van der Waals surface area contributed by atoms with Crippen molar-refractivity contribution in [3.63, 3.8) is 0 Å². The SMILES string of the molecule is Cc1ccc(C(=O)Nc2ccc3c(c2)nc2n3CCCCC2)cc1. The number of hydrogen-bond acceptors (Lipinski definition) is 2. The number of fused-ring (bicyclic) bond motifs is 3. The van der Waals surface area contributed by atoms with Gasteiger partial charge in [-0.1, -0.05) is 24.1 Å². The van der Waals surface area contributed by atoms with Gasteiger partial charge in [-0.2, -0.15) is 0 Å². The number of rotatable bonds is 2. The van der Waals surface area contributed by atoms with Gasteiger partial charge in [0.1, 0.15) is 5.82 Å². The van der Waals surface area contributed by atoms with Crippen LogP contribution >= 0.6 is 0 Å². The van der Waals surface area contributed by atoms with Crippen LogP contribution in [-0.2, 0) is 13.0 Å². The highest BCUT2D eigenvalue weighted by atomic mass is 16.1. The summed E-state index contributed by atoms with van der Waals surface area (Å²) in [5.74, 6) is 1.08. The minimum absolute atomic E-state index is 0.0878. The van der Waals surface area contributed by atoms with E-state index in [4.69, 9.17) is 4.98 Å². The molecular formula is C20H21N3O. The molecule has 0 unspecified atom stereocenters. The number of amides is 1. The van der Waals surface area contributed by atoms with E-state index in [0.29, 0.717) is 5.56 Å². The van der Waals surface area contributed by atoms with Crippen molar-refractivity contribution in [1.29, 1.82) is 0 Å². The Labute approximate surface area is 141 Å². The summed E-state index contributed by atoms with van der Waals surface area (Å²) >= 11 is 0. The Morgan fingerprint density at radius 1 is 1.08 bits per heavy atom. The van der Waals surface area contributed by atoms with Crippen LogP contribution in [0.3, 0.4) is 0 Å². The molecule has 1 aliphatic rings. The van der Waals surface area contributed by atoms with Gasteiger partial charge in [-0.05, 0) is 50.1 Å². The second kappa shape index (κ2) is 6.11. The first kappa shape index (κ1) is 14.9. The summed E-state index contributed by atoms with van der Waals surface area (Å²) in [4.78, 5) is 17.1. The first-order valence-electron chi connectivity index (χ1n) is 8.58. The highest BCUT2D eigenvalue weighted by Crippen LogP contribution is 2.24. The molecule has 4 heteroatoms. The molecule has 0 saturated heterocycles. The van der Waals surface area contributed by atoms with Crippen LogP contribution in [-0.4, -0.2) is 15.5 Å². The first-order chi connectivity index (χ1) is 11.7. The van der Waals surface area contributed by atoms with Gasteiger partial charge in [0.2, 0.25) is 0 Å². The summed E-state index contributed by atoms with van der Waals surface area (Å²) < 4.78 is 2.33. The second-order valence-electron chi connectivity index (χ2n) is 6.51. The Morgan fingerprint density at radius 2 is 1.92 bits per heavy atom. The summed E-state index contributed by atoms with van der Waals surface area (Å²) in [5, 5.41) is 2.97. The summed E-state index contributed by atoms with van der Waals surface area (Å²) in [6.07, 6.45) is 4.74. The standard InChI is InChI=1S/C20H21N3O/c1-14-6-8-15(9-7-14)20(24)21-16-10-11-18-17(13-16)22-19-5-3-2-4-12-23(18)19/h6-11,13H,2-5,12H2,1H3,(H,21,24). The number of imidazole rings is 1. The number of hydrogen-bond donors (Lipinski definition) is 1. The molecule has 0 spiro atoms. The number of nitrogens with one attached hydrogen (secondary N) is 1. The van der Waals surface area contributed by atoms with Crippen LogP contribution < -0.4 is 5.32 Å². The lowest BCUT2D eigenvalue weighted by Gasteiger charge is -2.07. The van der Waals surface area contributed by atoms with E-state index in [-0.39, 0.29) is 5.91 Å². The molecule has 0 fully saturated rings. The zero-order valence-corrected chi connectivity index (χ0v) is 13.9. The van der Waals surface area contributed by atoms with E-state index in [2.05, 4.69) is 16.0 Å². The van der Waals surface area contributed by atoms with E-state index in [9.17, 15) is 4.79 Å². The lowest BCUT2D eigenvalue weighted by molar-refractivity contribution is 0.102. The molecule has 1 amide bonds. The minimum Gasteiger partial charge on any atom is -0.328 e. The van der Waals surface area contributed by atoms with Crippen LogP contribution in [0.4, 0.5) is 5.69 Å². The van der Waals surface area contributed by atoms with Crippen molar-refractivity contribution in [2.45, 2.75) is 39.2 Å². The molecule has 0 saturated carbocycles. The molecule has 24 heavy (non-hydrogen) atoms. The zero-order chi connectivity index (χ0) is 16.5. The second-order valence-corrected chi connectivity index (χ2v) is 6.51. The van der Waals surface area contributed by atoms with E-state index < -0.39 is 0 Å². The molecule has 0 atom stereocenters. The quantitative estimate of drug-likeness (QED) is 0.764. The molecule has 4 nitrogen and oxygen atoms in total. The molecule has 4 rings (SSSR count). The van der Waals surface area contributed by atoms with Gasteiger partial charge in [0.25, 0.3) is 5.91 Å². The van der Waals surface area contributed by atoms with Crippen LogP contribution in [0.5, 0.6) is 0 Å². The van der Waals surface area contributed by atoms with Gasteiger partial charge in [-0.3, -0.25) is 4.79 Å². The van der Waals surface area contributed by atoms with E-state index in [1.54, 1.807) is 0 Å². The van der Waals surface area contributed by atoms with E-state index in [1.807, 2.05) is 43.3 Å². The smallest absolute Gasteiger partial charge is 0.255 e. The van der Waals surface area contributed by atoms with Crippen molar-refractivity contribution >= 4 is 22.6 Å². The average molecular weight is 319 g/mol. The van der Waals surface area contributed by atoms with Crippen molar-refractivity contribution in [2.24, 2.45) is 0 Å². The third-order valence-corrected chi connectivity index (χ3v) is 4.68. The van der Waals surface area contributed by atoms with Gasteiger partial charge >= 0.3 is 0 Å². The maximum atomic E-state index is 12.4. The molecule has 1 N–H and O–H groups in total. The summed E-state index contributed by atoms with van der Waals surface area (Å²) in [6, 6.07) is 13.6. The monoisotopic (exact) mass is 319 g/mol. The predicted octanol–water partition coefficient (Wildman–Crippen LogP) is 4.32. The molecule has 0 aliphatic carbocycles. The van der Waals surface area contributed by atoms with Gasteiger partial charge in [-0.25, -0.2) is 4.98 Å². The number of aromatic nitrogens is 2. The van der Waals surface area contributed by atoms with Crippen molar-refractivity contribution in [3.8, 4) is 0 Å². The molecule has 2 aromatic carbocycles. The van der Waals surface area contributed by atoms with Gasteiger partial charge in [-0.15, -0.1) is 0 Å². The Balaban J connectivity index is 1.61. The molecular weight excluding hydrogens is 298 g/mol. The maximum absolute atomic E-state index is 12.4. The Morgan fingerprint density at radius 3 is 2.75 bits per heavy atom. The van der Waals surface area contributed by atoms with E-state index in [1.165, 1.54) is 30.6 Å². The Hall–Kier alpha value is -2.62. The van der Waals surface area contributed by atoms with Gasteiger partial charge in [0.05, 0.1) is 11.0 Å². The summed E-state index contributed by atoms with van der Waals surface area (Å²) in [5.41, 5.74) is 4.74. The van der Waals surface area contributed by atoms with Crippen LogP contribution in [0.2, 0.25) is 0 Å². The molecule has 3 aromatic rings.